The highest BCUT2D eigenvalue weighted by molar-refractivity contribution is 8.02. The zero-order chi connectivity index (χ0) is 11.7. The van der Waals surface area contributed by atoms with E-state index >= 15 is 0 Å². The van der Waals surface area contributed by atoms with E-state index in [0.29, 0.717) is 0 Å². The monoisotopic (exact) mass is 363 g/mol. The molecular weight excluding hydrogens is 352 g/mol. The van der Waals surface area contributed by atoms with Gasteiger partial charge in [-0.15, -0.1) is 55.4 Å². The first-order chi connectivity index (χ1) is 6.01. The third-order valence-corrected chi connectivity index (χ3v) is 39.5. The van der Waals surface area contributed by atoms with E-state index in [4.69, 9.17) is 55.4 Å². The number of hydrogen-bond donors (Lipinski definition) is 0. The van der Waals surface area contributed by atoms with Gasteiger partial charge in [0.15, 0.2) is 0 Å². The molecule has 0 radical (unpaired) electrons. The molecule has 0 atom stereocenters. The van der Waals surface area contributed by atoms with E-state index in [1.807, 2.05) is 0 Å². The molecule has 0 spiro atoms. The third kappa shape index (κ3) is 3.94. The minimum absolute atomic E-state index is 1.09. The molecule has 14 heavy (non-hydrogen) atoms. The van der Waals surface area contributed by atoms with Gasteiger partial charge in [0.25, 0.3) is 0 Å². The van der Waals surface area contributed by atoms with Crippen molar-refractivity contribution in [3.05, 3.63) is 0 Å². The Kier molecular flexibility index (Phi) is 6.68. The summed E-state index contributed by atoms with van der Waals surface area (Å²) in [5, 5.41) is 0. The molecule has 0 aromatic carbocycles. The third-order valence-electron chi connectivity index (χ3n) is 1.78. The van der Waals surface area contributed by atoms with Gasteiger partial charge in [-0.25, -0.2) is 0 Å². The van der Waals surface area contributed by atoms with Crippen molar-refractivity contribution in [3.8, 4) is 0 Å². The van der Waals surface area contributed by atoms with Crippen molar-refractivity contribution >= 4 is 85.2 Å². The zero-order valence-corrected chi connectivity index (χ0v) is 16.6. The Bertz CT molecular complexity index is 185. The lowest BCUT2D eigenvalue weighted by molar-refractivity contribution is 1.03. The molecule has 0 fully saturated rings. The molecule has 0 aromatic heterocycles. The number of halogens is 5. The first-order valence-corrected chi connectivity index (χ1v) is 19.9. The average molecular weight is 366 g/mol. The van der Waals surface area contributed by atoms with E-state index in [0.717, 1.165) is 0 Å². The summed E-state index contributed by atoms with van der Waals surface area (Å²) in [6, 6.07) is 0. The van der Waals surface area contributed by atoms with Crippen molar-refractivity contribution in [1.29, 1.82) is 0 Å². The highest BCUT2D eigenvalue weighted by Gasteiger charge is 2.58. The minimum atomic E-state index is -2.99. The molecule has 0 saturated carbocycles. The molecular formula is C4H14Cl5NSi4. The van der Waals surface area contributed by atoms with E-state index in [1.165, 1.54) is 0 Å². The van der Waals surface area contributed by atoms with E-state index < -0.39 is 29.8 Å². The number of rotatable bonds is 4. The second-order valence-corrected chi connectivity index (χ2v) is 33.2. The van der Waals surface area contributed by atoms with Crippen molar-refractivity contribution in [3.63, 3.8) is 0 Å². The van der Waals surface area contributed by atoms with Crippen LogP contribution in [0.5, 0.6) is 0 Å². The quantitative estimate of drug-likeness (QED) is 0.545. The maximum atomic E-state index is 6.33. The van der Waals surface area contributed by atoms with Gasteiger partial charge in [0.05, 0.1) is 17.9 Å². The molecule has 0 aliphatic rings. The van der Waals surface area contributed by atoms with Crippen molar-refractivity contribution in [2.75, 3.05) is 0 Å². The molecule has 0 rings (SSSR count). The smallest absolute Gasteiger partial charge is 0.349 e. The Morgan fingerprint density at radius 3 is 1.14 bits per heavy atom. The van der Waals surface area contributed by atoms with Crippen LogP contribution < -0.4 is 0 Å². The standard InChI is InChI=1S/C4H14Cl5NSi4/c1-11(2)10(12(3)4)14(8,9)13(5,6)7/h11-12H,1-4H3. The van der Waals surface area contributed by atoms with Gasteiger partial charge in [-0.2, -0.15) is 0 Å². The molecule has 86 valence electrons. The van der Waals surface area contributed by atoms with Gasteiger partial charge < -0.3 is 3.90 Å². The van der Waals surface area contributed by atoms with Crippen LogP contribution in [-0.4, -0.2) is 33.7 Å². The van der Waals surface area contributed by atoms with Gasteiger partial charge in [-0.3, -0.25) is 0 Å². The molecule has 0 amide bonds. The van der Waals surface area contributed by atoms with E-state index in [9.17, 15) is 0 Å². The summed E-state index contributed by atoms with van der Waals surface area (Å²) in [5.74, 6) is 0. The summed E-state index contributed by atoms with van der Waals surface area (Å²) < 4.78 is 2.22. The molecule has 0 aromatic rings. The van der Waals surface area contributed by atoms with Crippen LogP contribution in [-0.2, 0) is 0 Å². The SMILES string of the molecule is C[SiH](C)N([SiH](C)C)[Si](Cl)(Cl)[Si](Cl)(Cl)Cl. The van der Waals surface area contributed by atoms with Crippen LogP contribution in [0.2, 0.25) is 26.2 Å². The van der Waals surface area contributed by atoms with Gasteiger partial charge in [0, 0.05) is 0 Å². The van der Waals surface area contributed by atoms with Crippen molar-refractivity contribution < 1.29 is 0 Å². The van der Waals surface area contributed by atoms with Crippen LogP contribution >= 0.6 is 55.4 Å². The average Bonchev–Trinajstić information content (AvgIpc) is 1.79. The van der Waals surface area contributed by atoms with Crippen LogP contribution in [0.25, 0.3) is 0 Å². The highest BCUT2D eigenvalue weighted by Crippen LogP contribution is 2.40. The highest BCUT2D eigenvalue weighted by atomic mass is 35.9. The Balaban J connectivity index is 5.01. The van der Waals surface area contributed by atoms with E-state index in [1.54, 1.807) is 0 Å². The maximum Gasteiger partial charge on any atom is 0.375 e. The fourth-order valence-corrected chi connectivity index (χ4v) is 34.7. The molecule has 10 heteroatoms. The minimum Gasteiger partial charge on any atom is -0.349 e. The van der Waals surface area contributed by atoms with Gasteiger partial charge in [-0.1, -0.05) is 26.2 Å². The van der Waals surface area contributed by atoms with Crippen LogP contribution in [0.1, 0.15) is 0 Å². The zero-order valence-electron chi connectivity index (χ0n) is 8.49. The molecule has 1 nitrogen and oxygen atoms in total. The van der Waals surface area contributed by atoms with Crippen molar-refractivity contribution in [2.24, 2.45) is 0 Å². The number of hydrogen-bond acceptors (Lipinski definition) is 1. The first kappa shape index (κ1) is 16.3. The normalized spacial score (nSPS) is 14.6. The Morgan fingerprint density at radius 2 is 1.07 bits per heavy atom. The molecule has 0 N–H and O–H groups in total. The predicted octanol–water partition coefficient (Wildman–Crippen LogP) is 3.41. The molecule has 0 bridgehead atoms. The van der Waals surface area contributed by atoms with Gasteiger partial charge in [-0.05, 0) is 0 Å². The summed E-state index contributed by atoms with van der Waals surface area (Å²) >= 11 is 30.6. The molecule has 0 aliphatic carbocycles. The molecule has 0 saturated heterocycles. The summed E-state index contributed by atoms with van der Waals surface area (Å²) in [6.45, 7) is 8.68. The van der Waals surface area contributed by atoms with Crippen LogP contribution in [0.15, 0.2) is 0 Å². The second kappa shape index (κ2) is 5.75. The summed E-state index contributed by atoms with van der Waals surface area (Å²) in [4.78, 5) is 0. The van der Waals surface area contributed by atoms with Gasteiger partial charge >= 0.3 is 11.9 Å². The van der Waals surface area contributed by atoms with Gasteiger partial charge in [0.2, 0.25) is 0 Å². The first-order valence-electron chi connectivity index (χ1n) is 4.24. The summed E-state index contributed by atoms with van der Waals surface area (Å²) in [5.41, 5.74) is -2.99. The summed E-state index contributed by atoms with van der Waals surface area (Å²) in [6.07, 6.45) is -2.82. The fourth-order valence-electron chi connectivity index (χ4n) is 1.39. The predicted molar refractivity (Wildman–Crippen MR) is 80.4 cm³/mol. The Hall–Kier alpha value is 2.28. The van der Waals surface area contributed by atoms with Crippen LogP contribution in [0, 0.1) is 0 Å². The lowest BCUT2D eigenvalue weighted by atomic mass is 11.9. The van der Waals surface area contributed by atoms with E-state index in [-0.39, 0.29) is 0 Å². The summed E-state index contributed by atoms with van der Waals surface area (Å²) in [7, 11) is -2.19. The maximum absolute atomic E-state index is 6.33. The Morgan fingerprint density at radius 1 is 0.786 bits per heavy atom. The van der Waals surface area contributed by atoms with Gasteiger partial charge in [0.1, 0.15) is 0 Å². The van der Waals surface area contributed by atoms with Crippen LogP contribution in [0.3, 0.4) is 0 Å². The van der Waals surface area contributed by atoms with Crippen molar-refractivity contribution in [2.45, 2.75) is 26.2 Å². The molecule has 0 aliphatic heterocycles. The number of nitrogens with zero attached hydrogens (tertiary/aromatic N) is 1. The lowest BCUT2D eigenvalue weighted by Crippen LogP contribution is -2.65. The largest absolute Gasteiger partial charge is 0.375 e. The topological polar surface area (TPSA) is 3.24 Å². The van der Waals surface area contributed by atoms with Crippen LogP contribution in [0.4, 0.5) is 0 Å². The molecule has 0 heterocycles. The van der Waals surface area contributed by atoms with E-state index in [2.05, 4.69) is 30.1 Å². The fraction of sp³-hybridized carbons (Fsp3) is 1.00. The molecule has 0 unspecified atom stereocenters. The second-order valence-electron chi connectivity index (χ2n) is 3.63. The lowest BCUT2D eigenvalue weighted by Gasteiger charge is -2.40. The Labute approximate surface area is 114 Å². The van der Waals surface area contributed by atoms with Crippen molar-refractivity contribution in [1.82, 2.24) is 3.90 Å².